The molecule has 0 saturated carbocycles. The molecule has 0 aromatic rings. The molecule has 2 heteroatoms. The van der Waals surface area contributed by atoms with Gasteiger partial charge in [0.2, 0.25) is 0 Å². The highest BCUT2D eigenvalue weighted by molar-refractivity contribution is 5.66. The summed E-state index contributed by atoms with van der Waals surface area (Å²) in [5, 5.41) is 0. The van der Waals surface area contributed by atoms with Crippen molar-refractivity contribution in [1.29, 1.82) is 0 Å². The van der Waals surface area contributed by atoms with Crippen molar-refractivity contribution in [3.05, 3.63) is 23.5 Å². The fourth-order valence-electron chi connectivity index (χ4n) is 1.82. The molecule has 1 aliphatic carbocycles. The highest BCUT2D eigenvalue weighted by Gasteiger charge is 2.27. The number of carbonyl (C=O) groups excluding carboxylic acids is 1. The smallest absolute Gasteiger partial charge is 0.307 e. The summed E-state index contributed by atoms with van der Waals surface area (Å²) in [4.78, 5) is 10.7. The molecule has 0 aromatic carbocycles. The molecular weight excluding hydrogens is 176 g/mol. The molecule has 0 heterocycles. The van der Waals surface area contributed by atoms with Gasteiger partial charge in [-0.05, 0) is 36.3 Å². The van der Waals surface area contributed by atoms with Crippen LogP contribution in [0.25, 0.3) is 0 Å². The van der Waals surface area contributed by atoms with Crippen LogP contribution in [-0.2, 0) is 9.53 Å². The third-order valence-electron chi connectivity index (χ3n) is 2.72. The Morgan fingerprint density at radius 1 is 1.57 bits per heavy atom. The van der Waals surface area contributed by atoms with Crippen molar-refractivity contribution in [2.45, 2.75) is 40.5 Å². The first-order valence-electron chi connectivity index (χ1n) is 4.98. The van der Waals surface area contributed by atoms with Gasteiger partial charge in [-0.2, -0.15) is 0 Å². The van der Waals surface area contributed by atoms with E-state index in [4.69, 9.17) is 4.74 Å². The van der Waals surface area contributed by atoms with E-state index in [0.717, 1.165) is 18.4 Å². The maximum atomic E-state index is 10.7. The third kappa shape index (κ3) is 2.47. The first kappa shape index (κ1) is 11.0. The van der Waals surface area contributed by atoms with E-state index in [1.165, 1.54) is 12.5 Å². The minimum absolute atomic E-state index is 0.119. The SMILES string of the molecule is CC(=O)OC=C1C(C)=CCCC1(C)C. The van der Waals surface area contributed by atoms with Gasteiger partial charge in [-0.15, -0.1) is 0 Å². The molecule has 0 aromatic heterocycles. The van der Waals surface area contributed by atoms with Crippen LogP contribution in [0.2, 0.25) is 0 Å². The Labute approximate surface area is 85.6 Å². The lowest BCUT2D eigenvalue weighted by Crippen LogP contribution is -2.19. The number of rotatable bonds is 1. The van der Waals surface area contributed by atoms with Gasteiger partial charge in [0.05, 0.1) is 6.26 Å². The zero-order chi connectivity index (χ0) is 10.8. The Morgan fingerprint density at radius 2 is 2.21 bits per heavy atom. The molecule has 0 radical (unpaired) electrons. The second-order valence-electron chi connectivity index (χ2n) is 4.45. The van der Waals surface area contributed by atoms with E-state index in [-0.39, 0.29) is 11.4 Å². The van der Waals surface area contributed by atoms with Gasteiger partial charge in [-0.1, -0.05) is 19.9 Å². The van der Waals surface area contributed by atoms with Gasteiger partial charge in [0.15, 0.2) is 0 Å². The summed E-state index contributed by atoms with van der Waals surface area (Å²) in [6.45, 7) is 7.85. The molecule has 2 nitrogen and oxygen atoms in total. The van der Waals surface area contributed by atoms with Crippen LogP contribution in [0, 0.1) is 5.41 Å². The average molecular weight is 194 g/mol. The van der Waals surface area contributed by atoms with E-state index in [1.54, 1.807) is 6.26 Å². The summed E-state index contributed by atoms with van der Waals surface area (Å²) in [7, 11) is 0. The van der Waals surface area contributed by atoms with Gasteiger partial charge in [0, 0.05) is 6.92 Å². The van der Waals surface area contributed by atoms with Crippen LogP contribution < -0.4 is 0 Å². The van der Waals surface area contributed by atoms with Gasteiger partial charge in [0.25, 0.3) is 0 Å². The molecule has 0 bridgehead atoms. The van der Waals surface area contributed by atoms with Crippen LogP contribution in [0.4, 0.5) is 0 Å². The van der Waals surface area contributed by atoms with Crippen molar-refractivity contribution in [2.24, 2.45) is 5.41 Å². The van der Waals surface area contributed by atoms with Crippen molar-refractivity contribution in [3.63, 3.8) is 0 Å². The number of ether oxygens (including phenoxy) is 1. The van der Waals surface area contributed by atoms with Crippen LogP contribution in [0.5, 0.6) is 0 Å². The standard InChI is InChI=1S/C12H18O2/c1-9-6-5-7-12(3,4)11(9)8-14-10(2)13/h6,8H,5,7H2,1-4H3. The van der Waals surface area contributed by atoms with E-state index in [9.17, 15) is 4.79 Å². The Bertz CT molecular complexity index is 295. The Hall–Kier alpha value is -1.05. The van der Waals surface area contributed by atoms with E-state index >= 15 is 0 Å². The van der Waals surface area contributed by atoms with Crippen LogP contribution >= 0.6 is 0 Å². The first-order valence-corrected chi connectivity index (χ1v) is 4.98. The lowest BCUT2D eigenvalue weighted by molar-refractivity contribution is -0.135. The topological polar surface area (TPSA) is 26.3 Å². The second kappa shape index (κ2) is 3.99. The monoisotopic (exact) mass is 194 g/mol. The van der Waals surface area contributed by atoms with Gasteiger partial charge in [-0.25, -0.2) is 0 Å². The second-order valence-corrected chi connectivity index (χ2v) is 4.45. The highest BCUT2D eigenvalue weighted by atomic mass is 16.5. The molecule has 0 unspecified atom stereocenters. The molecule has 1 rings (SSSR count). The van der Waals surface area contributed by atoms with Crippen molar-refractivity contribution in [1.82, 2.24) is 0 Å². The van der Waals surface area contributed by atoms with Gasteiger partial charge >= 0.3 is 5.97 Å². The third-order valence-corrected chi connectivity index (χ3v) is 2.72. The largest absolute Gasteiger partial charge is 0.434 e. The Kier molecular flexibility index (Phi) is 3.14. The van der Waals surface area contributed by atoms with Crippen LogP contribution in [0.3, 0.4) is 0 Å². The fraction of sp³-hybridized carbons (Fsp3) is 0.583. The molecule has 1 aliphatic rings. The molecule has 0 atom stereocenters. The molecule has 0 fully saturated rings. The summed E-state index contributed by atoms with van der Waals surface area (Å²) in [6, 6.07) is 0. The average Bonchev–Trinajstić information content (AvgIpc) is 2.01. The maximum absolute atomic E-state index is 10.7. The molecule has 0 aliphatic heterocycles. The van der Waals surface area contributed by atoms with Crippen LogP contribution in [0.1, 0.15) is 40.5 Å². The normalized spacial score (nSPS) is 23.1. The quantitative estimate of drug-likeness (QED) is 0.473. The molecule has 14 heavy (non-hydrogen) atoms. The number of hydrogen-bond donors (Lipinski definition) is 0. The predicted molar refractivity (Wildman–Crippen MR) is 56.6 cm³/mol. The molecule has 0 N–H and O–H groups in total. The number of allylic oxidation sites excluding steroid dienone is 3. The molecule has 78 valence electrons. The van der Waals surface area contributed by atoms with Crippen molar-refractivity contribution >= 4 is 5.97 Å². The Morgan fingerprint density at radius 3 is 2.71 bits per heavy atom. The summed E-state index contributed by atoms with van der Waals surface area (Å²) in [5.41, 5.74) is 2.48. The number of hydrogen-bond acceptors (Lipinski definition) is 2. The lowest BCUT2D eigenvalue weighted by Gasteiger charge is -2.31. The fourth-order valence-corrected chi connectivity index (χ4v) is 1.82. The zero-order valence-corrected chi connectivity index (χ0v) is 9.39. The van der Waals surface area contributed by atoms with Crippen molar-refractivity contribution in [2.75, 3.05) is 0 Å². The van der Waals surface area contributed by atoms with E-state index in [0.29, 0.717) is 0 Å². The minimum Gasteiger partial charge on any atom is -0.434 e. The van der Waals surface area contributed by atoms with Crippen LogP contribution in [0.15, 0.2) is 23.5 Å². The zero-order valence-electron chi connectivity index (χ0n) is 9.39. The summed E-state index contributed by atoms with van der Waals surface area (Å²) < 4.78 is 4.95. The molecule has 0 saturated heterocycles. The predicted octanol–water partition coefficient (Wildman–Crippen LogP) is 3.20. The van der Waals surface area contributed by atoms with Crippen LogP contribution in [-0.4, -0.2) is 5.97 Å². The lowest BCUT2D eigenvalue weighted by atomic mass is 9.74. The van der Waals surface area contributed by atoms with E-state index < -0.39 is 0 Å². The molecule has 0 spiro atoms. The maximum Gasteiger partial charge on any atom is 0.307 e. The molecule has 0 amide bonds. The van der Waals surface area contributed by atoms with Crippen molar-refractivity contribution in [3.8, 4) is 0 Å². The summed E-state index contributed by atoms with van der Waals surface area (Å²) in [5.74, 6) is -0.258. The number of esters is 1. The van der Waals surface area contributed by atoms with Gasteiger partial charge in [-0.3, -0.25) is 4.79 Å². The first-order chi connectivity index (χ1) is 6.43. The minimum atomic E-state index is -0.258. The van der Waals surface area contributed by atoms with E-state index in [2.05, 4.69) is 26.8 Å². The van der Waals surface area contributed by atoms with Crippen molar-refractivity contribution < 1.29 is 9.53 Å². The molecular formula is C12H18O2. The number of carbonyl (C=O) groups is 1. The summed E-state index contributed by atoms with van der Waals surface area (Å²) in [6.07, 6.45) is 6.02. The summed E-state index contributed by atoms with van der Waals surface area (Å²) >= 11 is 0. The van der Waals surface area contributed by atoms with E-state index in [1.807, 2.05) is 0 Å². The van der Waals surface area contributed by atoms with Gasteiger partial charge < -0.3 is 4.74 Å². The van der Waals surface area contributed by atoms with Gasteiger partial charge in [0.1, 0.15) is 0 Å². The Balaban J connectivity index is 2.91. The highest BCUT2D eigenvalue weighted by Crippen LogP contribution is 2.40.